The fourth-order valence-electron chi connectivity index (χ4n) is 9.83. The quantitative estimate of drug-likeness (QED) is 0.179. The molecule has 0 saturated carbocycles. The number of rotatable bonds is 4. The third-order valence-corrected chi connectivity index (χ3v) is 12.2. The molecule has 0 radical (unpaired) electrons. The molecule has 57 heavy (non-hydrogen) atoms. The summed E-state index contributed by atoms with van der Waals surface area (Å²) in [4.78, 5) is 2.42. The first-order valence-corrected chi connectivity index (χ1v) is 19.7. The van der Waals surface area contributed by atoms with Crippen molar-refractivity contribution in [2.45, 2.75) is 5.41 Å². The van der Waals surface area contributed by atoms with Gasteiger partial charge < -0.3 is 9.64 Å². The monoisotopic (exact) mass is 725 g/mol. The first-order valence-electron chi connectivity index (χ1n) is 19.7. The van der Waals surface area contributed by atoms with Gasteiger partial charge in [0.05, 0.1) is 11.1 Å². The van der Waals surface area contributed by atoms with Crippen molar-refractivity contribution < 1.29 is 4.74 Å². The van der Waals surface area contributed by atoms with Crippen LogP contribution in [0.15, 0.2) is 212 Å². The van der Waals surface area contributed by atoms with Crippen LogP contribution in [0.1, 0.15) is 22.3 Å². The standard InChI is InChI=1S/C55H35NO/c1-2-15-37(16-3-1)46-33-40-18-6-7-19-41(40)34-51(46)56(42-29-28-36-14-4-5-17-39(36)32-42)43-30-31-49-53(35-43)57-52-27-11-10-25-48(52)55(49)47-24-9-8-22-44(47)45-23-12-20-38-21-13-26-50(55)54(38)45/h1-35H. The minimum Gasteiger partial charge on any atom is -0.457 e. The van der Waals surface area contributed by atoms with Gasteiger partial charge in [-0.05, 0) is 96.5 Å². The van der Waals surface area contributed by atoms with Gasteiger partial charge in [-0.2, -0.15) is 0 Å². The Kier molecular flexibility index (Phi) is 6.88. The number of hydrogen-bond acceptors (Lipinski definition) is 2. The summed E-state index contributed by atoms with van der Waals surface area (Å²) in [6.07, 6.45) is 0. The zero-order chi connectivity index (χ0) is 37.5. The maximum atomic E-state index is 7.10. The highest BCUT2D eigenvalue weighted by molar-refractivity contribution is 6.06. The van der Waals surface area contributed by atoms with Gasteiger partial charge >= 0.3 is 0 Å². The number of hydrogen-bond donors (Lipinski definition) is 0. The van der Waals surface area contributed by atoms with Crippen molar-refractivity contribution in [1.29, 1.82) is 0 Å². The van der Waals surface area contributed by atoms with Gasteiger partial charge in [0.15, 0.2) is 0 Å². The maximum absolute atomic E-state index is 7.10. The molecule has 2 heteroatoms. The van der Waals surface area contributed by atoms with Gasteiger partial charge in [-0.3, -0.25) is 0 Å². The fraction of sp³-hybridized carbons (Fsp3) is 0.0182. The number of ether oxygens (including phenoxy) is 1. The van der Waals surface area contributed by atoms with Crippen LogP contribution in [-0.4, -0.2) is 0 Å². The lowest BCUT2D eigenvalue weighted by molar-refractivity contribution is 0.435. The Balaban J connectivity index is 1.16. The summed E-state index contributed by atoms with van der Waals surface area (Å²) in [6.45, 7) is 0. The third-order valence-electron chi connectivity index (χ3n) is 12.2. The number of fused-ring (bicyclic) bond motifs is 10. The second kappa shape index (κ2) is 12.3. The van der Waals surface area contributed by atoms with Gasteiger partial charge in [-0.25, -0.2) is 0 Å². The smallest absolute Gasteiger partial charge is 0.134 e. The molecule has 1 aliphatic carbocycles. The Morgan fingerprint density at radius 2 is 0.912 bits per heavy atom. The predicted octanol–water partition coefficient (Wildman–Crippen LogP) is 14.8. The molecule has 2 nitrogen and oxygen atoms in total. The Bertz CT molecular complexity index is 3230. The molecule has 1 heterocycles. The molecule has 0 bridgehead atoms. The van der Waals surface area contributed by atoms with Gasteiger partial charge in [0.25, 0.3) is 0 Å². The molecule has 1 spiro atoms. The topological polar surface area (TPSA) is 12.5 Å². The van der Waals surface area contributed by atoms with Crippen LogP contribution in [0.5, 0.6) is 11.5 Å². The molecule has 1 atom stereocenters. The van der Waals surface area contributed by atoms with Crippen LogP contribution >= 0.6 is 0 Å². The lowest BCUT2D eigenvalue weighted by atomic mass is 9.58. The van der Waals surface area contributed by atoms with Crippen LogP contribution in [0.3, 0.4) is 0 Å². The molecule has 0 fully saturated rings. The molecule has 10 aromatic carbocycles. The third kappa shape index (κ3) is 4.65. The average molecular weight is 726 g/mol. The van der Waals surface area contributed by atoms with E-state index < -0.39 is 5.41 Å². The van der Waals surface area contributed by atoms with E-state index in [1.165, 1.54) is 54.6 Å². The number of benzene rings is 10. The largest absolute Gasteiger partial charge is 0.457 e. The summed E-state index contributed by atoms with van der Waals surface area (Å²) in [7, 11) is 0. The lowest BCUT2D eigenvalue weighted by Gasteiger charge is -2.45. The van der Waals surface area contributed by atoms with E-state index in [4.69, 9.17) is 4.74 Å². The van der Waals surface area contributed by atoms with E-state index in [9.17, 15) is 0 Å². The highest BCUT2D eigenvalue weighted by Gasteiger charge is 2.49. The first kappa shape index (κ1) is 31.9. The van der Waals surface area contributed by atoms with E-state index in [1.807, 2.05) is 0 Å². The van der Waals surface area contributed by atoms with Gasteiger partial charge in [-0.1, -0.05) is 170 Å². The van der Waals surface area contributed by atoms with Crippen molar-refractivity contribution in [3.63, 3.8) is 0 Å². The van der Waals surface area contributed by atoms with E-state index in [-0.39, 0.29) is 0 Å². The SMILES string of the molecule is c1ccc(-c2cc3ccccc3cc2N(c2ccc3c(c2)Oc2ccccc2C32c3ccccc3-c3cccc4cccc2c34)c2ccc3ccccc3c2)cc1. The highest BCUT2D eigenvalue weighted by Crippen LogP contribution is 2.61. The van der Waals surface area contributed by atoms with E-state index in [0.29, 0.717) is 0 Å². The summed E-state index contributed by atoms with van der Waals surface area (Å²) >= 11 is 0. The van der Waals surface area contributed by atoms with Crippen LogP contribution in [0.2, 0.25) is 0 Å². The molecule has 0 aromatic heterocycles. The highest BCUT2D eigenvalue weighted by atomic mass is 16.5. The van der Waals surface area contributed by atoms with Crippen LogP contribution in [0.25, 0.3) is 54.6 Å². The summed E-state index contributed by atoms with van der Waals surface area (Å²) in [6, 6.07) is 77.5. The van der Waals surface area contributed by atoms with Crippen molar-refractivity contribution >= 4 is 49.4 Å². The Morgan fingerprint density at radius 1 is 0.333 bits per heavy atom. The number of para-hydroxylation sites is 1. The number of anilines is 3. The second-order valence-electron chi connectivity index (χ2n) is 15.2. The van der Waals surface area contributed by atoms with E-state index in [2.05, 4.69) is 217 Å². The molecule has 266 valence electrons. The summed E-state index contributed by atoms with van der Waals surface area (Å²) < 4.78 is 7.10. The van der Waals surface area contributed by atoms with Crippen LogP contribution in [0, 0.1) is 0 Å². The molecule has 1 unspecified atom stereocenters. The summed E-state index contributed by atoms with van der Waals surface area (Å²) in [5.74, 6) is 1.73. The van der Waals surface area contributed by atoms with Crippen LogP contribution in [-0.2, 0) is 5.41 Å². The lowest BCUT2D eigenvalue weighted by Crippen LogP contribution is -2.36. The van der Waals surface area contributed by atoms with Gasteiger partial charge in [0.2, 0.25) is 0 Å². The average Bonchev–Trinajstić information content (AvgIpc) is 3.28. The molecular weight excluding hydrogens is 691 g/mol. The molecule has 0 saturated heterocycles. The Hall–Kier alpha value is -7.42. The van der Waals surface area contributed by atoms with Crippen molar-refractivity contribution in [2.75, 3.05) is 4.90 Å². The molecule has 12 rings (SSSR count). The molecule has 0 amide bonds. The second-order valence-corrected chi connectivity index (χ2v) is 15.2. The van der Waals surface area contributed by atoms with Gasteiger partial charge in [-0.15, -0.1) is 0 Å². The van der Waals surface area contributed by atoms with Crippen molar-refractivity contribution in [2.24, 2.45) is 0 Å². The Labute approximate surface area is 331 Å². The van der Waals surface area contributed by atoms with Gasteiger partial charge in [0, 0.05) is 34.1 Å². The van der Waals surface area contributed by atoms with Crippen molar-refractivity contribution in [3.8, 4) is 33.8 Å². The first-order chi connectivity index (χ1) is 28.3. The molecule has 2 aliphatic rings. The minimum absolute atomic E-state index is 0.598. The zero-order valence-corrected chi connectivity index (χ0v) is 31.1. The molecule has 1 aliphatic heterocycles. The fourth-order valence-corrected chi connectivity index (χ4v) is 9.83. The van der Waals surface area contributed by atoms with E-state index in [1.54, 1.807) is 0 Å². The summed E-state index contributed by atoms with van der Waals surface area (Å²) in [5.41, 5.74) is 12.3. The zero-order valence-electron chi connectivity index (χ0n) is 31.1. The minimum atomic E-state index is -0.598. The normalized spacial score (nSPS) is 14.9. The summed E-state index contributed by atoms with van der Waals surface area (Å²) in [5, 5.41) is 7.33. The molecule has 10 aromatic rings. The predicted molar refractivity (Wildman–Crippen MR) is 236 cm³/mol. The van der Waals surface area contributed by atoms with Crippen LogP contribution in [0.4, 0.5) is 17.1 Å². The van der Waals surface area contributed by atoms with E-state index in [0.717, 1.165) is 50.8 Å². The molecular formula is C55H35NO. The van der Waals surface area contributed by atoms with Crippen molar-refractivity contribution in [1.82, 2.24) is 0 Å². The van der Waals surface area contributed by atoms with Crippen molar-refractivity contribution in [3.05, 3.63) is 235 Å². The van der Waals surface area contributed by atoms with Gasteiger partial charge in [0.1, 0.15) is 11.5 Å². The Morgan fingerprint density at radius 3 is 1.75 bits per heavy atom. The van der Waals surface area contributed by atoms with Crippen LogP contribution < -0.4 is 9.64 Å². The maximum Gasteiger partial charge on any atom is 0.134 e. The molecule has 0 N–H and O–H groups in total. The number of nitrogens with zero attached hydrogens (tertiary/aromatic N) is 1. The van der Waals surface area contributed by atoms with E-state index >= 15 is 0 Å².